The fourth-order valence-corrected chi connectivity index (χ4v) is 1.83. The molecule has 0 spiro atoms. The van der Waals surface area contributed by atoms with Crippen LogP contribution in [-0.2, 0) is 17.6 Å². The normalized spacial score (nSPS) is 12.3. The molecule has 2 N–H and O–H groups in total. The van der Waals surface area contributed by atoms with Gasteiger partial charge in [-0.1, -0.05) is 12.1 Å². The van der Waals surface area contributed by atoms with Crippen molar-refractivity contribution in [2.45, 2.75) is 45.6 Å². The van der Waals surface area contributed by atoms with Crippen molar-refractivity contribution in [2.75, 3.05) is 0 Å². The maximum absolute atomic E-state index is 11.8. The van der Waals surface area contributed by atoms with E-state index >= 15 is 0 Å². The van der Waals surface area contributed by atoms with Gasteiger partial charge in [-0.2, -0.15) is 10.1 Å². The van der Waals surface area contributed by atoms with E-state index in [2.05, 4.69) is 32.6 Å². The second-order valence-electron chi connectivity index (χ2n) is 4.68. The molecule has 7 nitrogen and oxygen atoms in total. The Bertz CT molecular complexity index is 535. The van der Waals surface area contributed by atoms with E-state index in [4.69, 9.17) is 4.52 Å². The fraction of sp³-hybridized carbons (Fsp3) is 0.538. The summed E-state index contributed by atoms with van der Waals surface area (Å²) in [5.41, 5.74) is 0.946. The molecule has 108 valence electrons. The fourth-order valence-electron chi connectivity index (χ4n) is 1.83. The largest absolute Gasteiger partial charge is 0.349 e. The molecule has 0 saturated carbocycles. The lowest BCUT2D eigenvalue weighted by atomic mass is 10.2. The zero-order valence-corrected chi connectivity index (χ0v) is 11.7. The van der Waals surface area contributed by atoms with Crippen molar-refractivity contribution in [3.8, 4) is 0 Å². The van der Waals surface area contributed by atoms with E-state index in [1.807, 2.05) is 6.92 Å². The van der Waals surface area contributed by atoms with E-state index in [9.17, 15) is 4.79 Å². The van der Waals surface area contributed by atoms with Gasteiger partial charge in [-0.05, 0) is 13.3 Å². The van der Waals surface area contributed by atoms with Crippen molar-refractivity contribution in [3.05, 3.63) is 29.7 Å². The molecular formula is C13H19N5O2. The highest BCUT2D eigenvalue weighted by Gasteiger charge is 2.12. The number of aromatic nitrogens is 4. The van der Waals surface area contributed by atoms with Crippen LogP contribution in [0.5, 0.6) is 0 Å². The summed E-state index contributed by atoms with van der Waals surface area (Å²) in [6, 6.07) is -0.0698. The second kappa shape index (κ2) is 6.83. The Hall–Kier alpha value is -2.18. The molecule has 1 unspecified atom stereocenters. The molecule has 0 fully saturated rings. The van der Waals surface area contributed by atoms with Crippen LogP contribution in [0.2, 0.25) is 0 Å². The maximum atomic E-state index is 11.8. The van der Waals surface area contributed by atoms with Gasteiger partial charge >= 0.3 is 0 Å². The van der Waals surface area contributed by atoms with Crippen molar-refractivity contribution < 1.29 is 9.32 Å². The molecule has 20 heavy (non-hydrogen) atoms. The SMILES string of the molecule is CCCc1noc(CCC(=O)NC(C)c2cn[nH]c2)n1. The molecule has 0 aliphatic carbocycles. The average Bonchev–Trinajstić information content (AvgIpc) is 3.08. The lowest BCUT2D eigenvalue weighted by molar-refractivity contribution is -0.121. The minimum atomic E-state index is -0.0698. The Kier molecular flexibility index (Phi) is 4.86. The molecule has 7 heteroatoms. The summed E-state index contributed by atoms with van der Waals surface area (Å²) in [5.74, 6) is 1.17. The highest BCUT2D eigenvalue weighted by Crippen LogP contribution is 2.10. The zero-order chi connectivity index (χ0) is 14.4. The van der Waals surface area contributed by atoms with Crippen LogP contribution >= 0.6 is 0 Å². The van der Waals surface area contributed by atoms with Gasteiger partial charge < -0.3 is 9.84 Å². The summed E-state index contributed by atoms with van der Waals surface area (Å²) in [4.78, 5) is 16.1. The molecule has 0 bridgehead atoms. The number of nitrogens with one attached hydrogen (secondary N) is 2. The van der Waals surface area contributed by atoms with Crippen LogP contribution < -0.4 is 5.32 Å². The number of carbonyl (C=O) groups is 1. The smallest absolute Gasteiger partial charge is 0.227 e. The molecular weight excluding hydrogens is 258 g/mol. The molecule has 1 atom stereocenters. The van der Waals surface area contributed by atoms with Crippen LogP contribution in [0.25, 0.3) is 0 Å². The topological polar surface area (TPSA) is 96.7 Å². The zero-order valence-electron chi connectivity index (χ0n) is 11.7. The van der Waals surface area contributed by atoms with Gasteiger partial charge in [-0.15, -0.1) is 0 Å². The van der Waals surface area contributed by atoms with Crippen LogP contribution in [0, 0.1) is 0 Å². The monoisotopic (exact) mass is 277 g/mol. The number of aromatic amines is 1. The number of hydrogen-bond acceptors (Lipinski definition) is 5. The Morgan fingerprint density at radius 3 is 3.05 bits per heavy atom. The first kappa shape index (κ1) is 14.2. The van der Waals surface area contributed by atoms with Crippen LogP contribution in [0.15, 0.2) is 16.9 Å². The third kappa shape index (κ3) is 3.91. The van der Waals surface area contributed by atoms with Gasteiger partial charge in [-0.3, -0.25) is 9.89 Å². The molecule has 2 aromatic heterocycles. The van der Waals surface area contributed by atoms with Gasteiger partial charge in [0, 0.05) is 31.0 Å². The second-order valence-corrected chi connectivity index (χ2v) is 4.68. The number of amides is 1. The predicted octanol–water partition coefficient (Wildman–Crippen LogP) is 1.56. The number of aryl methyl sites for hydroxylation is 2. The molecule has 0 aliphatic rings. The summed E-state index contributed by atoms with van der Waals surface area (Å²) < 4.78 is 5.09. The summed E-state index contributed by atoms with van der Waals surface area (Å²) >= 11 is 0. The number of rotatable bonds is 7. The van der Waals surface area contributed by atoms with E-state index in [0.717, 1.165) is 18.4 Å². The highest BCUT2D eigenvalue weighted by molar-refractivity contribution is 5.76. The first-order valence-corrected chi connectivity index (χ1v) is 6.78. The van der Waals surface area contributed by atoms with Crippen LogP contribution in [0.4, 0.5) is 0 Å². The van der Waals surface area contributed by atoms with Crippen LogP contribution in [0.1, 0.15) is 50.0 Å². The molecule has 2 heterocycles. The van der Waals surface area contributed by atoms with Crippen molar-refractivity contribution in [1.29, 1.82) is 0 Å². The third-order valence-electron chi connectivity index (χ3n) is 2.95. The molecule has 0 aliphatic heterocycles. The van der Waals surface area contributed by atoms with Crippen molar-refractivity contribution in [2.24, 2.45) is 0 Å². The maximum Gasteiger partial charge on any atom is 0.227 e. The first-order valence-electron chi connectivity index (χ1n) is 6.78. The number of H-pyrrole nitrogens is 1. The molecule has 0 aromatic carbocycles. The highest BCUT2D eigenvalue weighted by atomic mass is 16.5. The Labute approximate surface area is 117 Å². The summed E-state index contributed by atoms with van der Waals surface area (Å²) in [5, 5.41) is 13.3. The average molecular weight is 277 g/mol. The van der Waals surface area contributed by atoms with E-state index in [-0.39, 0.29) is 11.9 Å². The van der Waals surface area contributed by atoms with Crippen LogP contribution in [0.3, 0.4) is 0 Å². The Morgan fingerprint density at radius 2 is 2.35 bits per heavy atom. The van der Waals surface area contributed by atoms with E-state index < -0.39 is 0 Å². The third-order valence-corrected chi connectivity index (χ3v) is 2.95. The van der Waals surface area contributed by atoms with E-state index in [1.165, 1.54) is 0 Å². The predicted molar refractivity (Wildman–Crippen MR) is 71.8 cm³/mol. The number of nitrogens with zero attached hydrogens (tertiary/aromatic N) is 3. The minimum Gasteiger partial charge on any atom is -0.349 e. The molecule has 2 aromatic rings. The lowest BCUT2D eigenvalue weighted by Crippen LogP contribution is -2.26. The molecule has 1 amide bonds. The van der Waals surface area contributed by atoms with Crippen molar-refractivity contribution >= 4 is 5.91 Å². The molecule has 0 saturated heterocycles. The number of carbonyl (C=O) groups excluding carboxylic acids is 1. The Balaban J connectivity index is 1.77. The van der Waals surface area contributed by atoms with Gasteiger partial charge in [-0.25, -0.2) is 0 Å². The molecule has 2 rings (SSSR count). The first-order chi connectivity index (χ1) is 9.69. The Morgan fingerprint density at radius 1 is 1.50 bits per heavy atom. The lowest BCUT2D eigenvalue weighted by Gasteiger charge is -2.11. The van der Waals surface area contributed by atoms with Gasteiger partial charge in [0.25, 0.3) is 0 Å². The van der Waals surface area contributed by atoms with Gasteiger partial charge in [0.15, 0.2) is 5.82 Å². The minimum absolute atomic E-state index is 0.0473. The van der Waals surface area contributed by atoms with Gasteiger partial charge in [0.2, 0.25) is 11.8 Å². The summed E-state index contributed by atoms with van der Waals surface area (Å²) in [6.45, 7) is 3.97. The number of hydrogen-bond donors (Lipinski definition) is 2. The van der Waals surface area contributed by atoms with Gasteiger partial charge in [0.05, 0.1) is 12.2 Å². The standard InChI is InChI=1S/C13H19N5O2/c1-3-4-11-17-13(20-18-11)6-5-12(19)16-9(2)10-7-14-15-8-10/h7-9H,3-6H2,1-2H3,(H,14,15)(H,16,19). The van der Waals surface area contributed by atoms with E-state index in [0.29, 0.717) is 24.6 Å². The van der Waals surface area contributed by atoms with Crippen molar-refractivity contribution in [3.63, 3.8) is 0 Å². The van der Waals surface area contributed by atoms with Gasteiger partial charge in [0.1, 0.15) is 0 Å². The van der Waals surface area contributed by atoms with Crippen molar-refractivity contribution in [1.82, 2.24) is 25.7 Å². The molecule has 0 radical (unpaired) electrons. The van der Waals surface area contributed by atoms with E-state index in [1.54, 1.807) is 12.4 Å². The summed E-state index contributed by atoms with van der Waals surface area (Å²) in [7, 11) is 0. The van der Waals surface area contributed by atoms with Crippen LogP contribution in [-0.4, -0.2) is 26.2 Å². The quantitative estimate of drug-likeness (QED) is 0.800. The summed E-state index contributed by atoms with van der Waals surface area (Å²) in [6.07, 6.45) is 6.02.